The molecule has 0 radical (unpaired) electrons. The lowest BCUT2D eigenvalue weighted by atomic mass is 10.1. The molecule has 0 aliphatic heterocycles. The summed E-state index contributed by atoms with van der Waals surface area (Å²) in [5.41, 5.74) is 1.71. The van der Waals surface area contributed by atoms with Gasteiger partial charge in [-0.05, 0) is 42.2 Å². The van der Waals surface area contributed by atoms with Crippen LogP contribution < -0.4 is 10.1 Å². The maximum absolute atomic E-state index is 13.4. The van der Waals surface area contributed by atoms with E-state index in [-0.39, 0.29) is 11.7 Å². The highest BCUT2D eigenvalue weighted by Gasteiger charge is 2.04. The molecule has 2 aromatic rings. The number of methoxy groups -OCH3 is 1. The van der Waals surface area contributed by atoms with Crippen LogP contribution in [0.5, 0.6) is 5.75 Å². The fourth-order valence-corrected chi connectivity index (χ4v) is 2.18. The molecular weight excluding hydrogens is 281 g/mol. The van der Waals surface area contributed by atoms with Crippen molar-refractivity contribution in [1.29, 1.82) is 0 Å². The highest BCUT2D eigenvalue weighted by molar-refractivity contribution is 5.76. The maximum atomic E-state index is 13.4. The summed E-state index contributed by atoms with van der Waals surface area (Å²) in [6.07, 6.45) is 1.60. The molecule has 0 spiro atoms. The Morgan fingerprint density at radius 2 is 1.82 bits per heavy atom. The van der Waals surface area contributed by atoms with E-state index in [9.17, 15) is 9.18 Å². The molecule has 1 N–H and O–H groups in total. The lowest BCUT2D eigenvalue weighted by Gasteiger charge is -2.07. The molecular formula is C18H20FNO2. The zero-order valence-corrected chi connectivity index (χ0v) is 12.6. The molecule has 0 aromatic heterocycles. The van der Waals surface area contributed by atoms with Crippen LogP contribution in [0.25, 0.3) is 0 Å². The van der Waals surface area contributed by atoms with Crippen molar-refractivity contribution in [3.8, 4) is 5.75 Å². The number of amides is 1. The van der Waals surface area contributed by atoms with Gasteiger partial charge in [-0.2, -0.15) is 0 Å². The van der Waals surface area contributed by atoms with Crippen LogP contribution in [0.3, 0.4) is 0 Å². The summed E-state index contributed by atoms with van der Waals surface area (Å²) in [6, 6.07) is 14.3. The second kappa shape index (κ2) is 8.17. The molecule has 0 heterocycles. The number of nitrogens with one attached hydrogen (secondary N) is 1. The number of benzene rings is 2. The van der Waals surface area contributed by atoms with Crippen molar-refractivity contribution < 1.29 is 13.9 Å². The van der Waals surface area contributed by atoms with Crippen LogP contribution in [0.15, 0.2) is 48.5 Å². The van der Waals surface area contributed by atoms with Gasteiger partial charge in [-0.15, -0.1) is 0 Å². The lowest BCUT2D eigenvalue weighted by molar-refractivity contribution is -0.121. The minimum absolute atomic E-state index is 0.0212. The summed E-state index contributed by atoms with van der Waals surface area (Å²) >= 11 is 0. The Balaban J connectivity index is 1.70. The van der Waals surface area contributed by atoms with Crippen LogP contribution in [-0.2, 0) is 17.6 Å². The third-order valence-corrected chi connectivity index (χ3v) is 3.47. The molecule has 0 saturated carbocycles. The molecule has 116 valence electrons. The number of hydrogen-bond acceptors (Lipinski definition) is 2. The van der Waals surface area contributed by atoms with Crippen LogP contribution >= 0.6 is 0 Å². The van der Waals surface area contributed by atoms with Crippen molar-refractivity contribution in [3.05, 3.63) is 65.5 Å². The third-order valence-electron chi connectivity index (χ3n) is 3.47. The summed E-state index contributed by atoms with van der Waals surface area (Å²) in [5, 5.41) is 2.82. The highest BCUT2D eigenvalue weighted by Crippen LogP contribution is 2.12. The molecule has 0 atom stereocenters. The highest BCUT2D eigenvalue weighted by atomic mass is 19.1. The minimum Gasteiger partial charge on any atom is -0.497 e. The van der Waals surface area contributed by atoms with E-state index in [0.29, 0.717) is 31.4 Å². The van der Waals surface area contributed by atoms with E-state index in [4.69, 9.17) is 4.74 Å². The summed E-state index contributed by atoms with van der Waals surface area (Å²) in [4.78, 5) is 11.8. The van der Waals surface area contributed by atoms with Crippen molar-refractivity contribution in [2.24, 2.45) is 0 Å². The number of halogens is 1. The van der Waals surface area contributed by atoms with E-state index in [1.54, 1.807) is 25.3 Å². The number of carbonyl (C=O) groups is 1. The van der Waals surface area contributed by atoms with Gasteiger partial charge in [0.25, 0.3) is 0 Å². The van der Waals surface area contributed by atoms with Crippen molar-refractivity contribution >= 4 is 5.91 Å². The smallest absolute Gasteiger partial charge is 0.220 e. The average Bonchev–Trinajstić information content (AvgIpc) is 2.55. The molecule has 3 nitrogen and oxygen atoms in total. The number of carbonyl (C=O) groups excluding carboxylic acids is 1. The fraction of sp³-hybridized carbons (Fsp3) is 0.278. The fourth-order valence-electron chi connectivity index (χ4n) is 2.18. The summed E-state index contributed by atoms with van der Waals surface area (Å²) < 4.78 is 18.5. The van der Waals surface area contributed by atoms with Crippen LogP contribution in [0.2, 0.25) is 0 Å². The van der Waals surface area contributed by atoms with Gasteiger partial charge >= 0.3 is 0 Å². The molecule has 2 rings (SSSR count). The number of hydrogen-bond donors (Lipinski definition) is 1. The lowest BCUT2D eigenvalue weighted by Crippen LogP contribution is -2.26. The van der Waals surface area contributed by atoms with Crippen LogP contribution in [0.4, 0.5) is 4.39 Å². The zero-order chi connectivity index (χ0) is 15.8. The van der Waals surface area contributed by atoms with Crippen LogP contribution in [-0.4, -0.2) is 19.6 Å². The van der Waals surface area contributed by atoms with E-state index in [1.165, 1.54) is 6.07 Å². The molecule has 0 aliphatic rings. The van der Waals surface area contributed by atoms with E-state index in [1.807, 2.05) is 24.3 Å². The molecule has 22 heavy (non-hydrogen) atoms. The molecule has 2 aromatic carbocycles. The first-order chi connectivity index (χ1) is 10.7. The Bertz CT molecular complexity index is 611. The average molecular weight is 301 g/mol. The second-order valence-electron chi connectivity index (χ2n) is 5.04. The van der Waals surface area contributed by atoms with Crippen molar-refractivity contribution in [3.63, 3.8) is 0 Å². The van der Waals surface area contributed by atoms with E-state index < -0.39 is 0 Å². The van der Waals surface area contributed by atoms with Crippen LogP contribution in [0, 0.1) is 5.82 Å². The van der Waals surface area contributed by atoms with Crippen molar-refractivity contribution in [1.82, 2.24) is 5.32 Å². The SMILES string of the molecule is COc1ccc(CCC(=O)NCCc2ccccc2F)cc1. The zero-order valence-electron chi connectivity index (χ0n) is 12.6. The predicted octanol–water partition coefficient (Wildman–Crippen LogP) is 3.13. The number of ether oxygens (including phenoxy) is 1. The van der Waals surface area contributed by atoms with Crippen LogP contribution in [0.1, 0.15) is 17.5 Å². The largest absolute Gasteiger partial charge is 0.497 e. The number of aryl methyl sites for hydroxylation is 1. The molecule has 4 heteroatoms. The molecule has 0 fully saturated rings. The van der Waals surface area contributed by atoms with Gasteiger partial charge in [-0.25, -0.2) is 4.39 Å². The Morgan fingerprint density at radius 1 is 1.09 bits per heavy atom. The summed E-state index contributed by atoms with van der Waals surface area (Å²) in [6.45, 7) is 0.447. The molecule has 0 bridgehead atoms. The van der Waals surface area contributed by atoms with Crippen molar-refractivity contribution in [2.45, 2.75) is 19.3 Å². The van der Waals surface area contributed by atoms with Crippen molar-refractivity contribution in [2.75, 3.05) is 13.7 Å². The second-order valence-corrected chi connectivity index (χ2v) is 5.04. The van der Waals surface area contributed by atoms with E-state index in [2.05, 4.69) is 5.32 Å². The Morgan fingerprint density at radius 3 is 2.50 bits per heavy atom. The standard InChI is InChI=1S/C18H20FNO2/c1-22-16-9-6-14(7-10-16)8-11-18(21)20-13-12-15-4-2-3-5-17(15)19/h2-7,9-10H,8,11-13H2,1H3,(H,20,21). The van der Waals surface area contributed by atoms with Gasteiger partial charge in [-0.1, -0.05) is 30.3 Å². The predicted molar refractivity (Wildman–Crippen MR) is 84.4 cm³/mol. The monoisotopic (exact) mass is 301 g/mol. The topological polar surface area (TPSA) is 38.3 Å². The quantitative estimate of drug-likeness (QED) is 0.853. The van der Waals surface area contributed by atoms with Gasteiger partial charge in [0.1, 0.15) is 11.6 Å². The summed E-state index contributed by atoms with van der Waals surface area (Å²) in [5.74, 6) is 0.556. The first-order valence-electron chi connectivity index (χ1n) is 7.32. The van der Waals surface area contributed by atoms with Gasteiger partial charge in [0, 0.05) is 13.0 Å². The first-order valence-corrected chi connectivity index (χ1v) is 7.32. The van der Waals surface area contributed by atoms with E-state index in [0.717, 1.165) is 11.3 Å². The molecule has 0 unspecified atom stereocenters. The maximum Gasteiger partial charge on any atom is 0.220 e. The molecule has 1 amide bonds. The van der Waals surface area contributed by atoms with Gasteiger partial charge in [0.15, 0.2) is 0 Å². The third kappa shape index (κ3) is 4.88. The van der Waals surface area contributed by atoms with Gasteiger partial charge in [-0.3, -0.25) is 4.79 Å². The Hall–Kier alpha value is -2.36. The first kappa shape index (κ1) is 16.0. The summed E-state index contributed by atoms with van der Waals surface area (Å²) in [7, 11) is 1.62. The molecule has 0 aliphatic carbocycles. The minimum atomic E-state index is -0.227. The Kier molecular flexibility index (Phi) is 5.95. The van der Waals surface area contributed by atoms with Gasteiger partial charge in [0.2, 0.25) is 5.91 Å². The van der Waals surface area contributed by atoms with E-state index >= 15 is 0 Å². The van der Waals surface area contributed by atoms with Gasteiger partial charge in [0.05, 0.1) is 7.11 Å². The van der Waals surface area contributed by atoms with Gasteiger partial charge < -0.3 is 10.1 Å². The molecule has 0 saturated heterocycles. The Labute approximate surface area is 130 Å². The normalized spacial score (nSPS) is 10.3. The number of rotatable bonds is 7.